The smallest absolute Gasteiger partial charge is 0.0462 e. The normalized spacial score (nSPS) is 16.5. The number of hydrogen-bond acceptors (Lipinski definition) is 2. The van der Waals surface area contributed by atoms with Crippen LogP contribution < -0.4 is 5.32 Å². The molecule has 0 amide bonds. The van der Waals surface area contributed by atoms with Crippen LogP contribution in [0.1, 0.15) is 43.6 Å². The molecule has 0 bridgehead atoms. The van der Waals surface area contributed by atoms with E-state index in [0.29, 0.717) is 5.92 Å². The molecule has 2 nitrogen and oxygen atoms in total. The minimum absolute atomic E-state index is 0.566. The van der Waals surface area contributed by atoms with E-state index in [1.165, 1.54) is 31.2 Å². The highest BCUT2D eigenvalue weighted by atomic mass is 35.5. The van der Waals surface area contributed by atoms with Crippen molar-refractivity contribution in [2.24, 2.45) is 0 Å². The first kappa shape index (κ1) is 14.8. The second-order valence-electron chi connectivity index (χ2n) is 5.42. The highest BCUT2D eigenvalue weighted by molar-refractivity contribution is 6.30. The Bertz CT molecular complexity index is 379. The van der Waals surface area contributed by atoms with Gasteiger partial charge in [0, 0.05) is 31.3 Å². The third-order valence-electron chi connectivity index (χ3n) is 3.70. The molecule has 0 spiro atoms. The first-order chi connectivity index (χ1) is 9.29. The highest BCUT2D eigenvalue weighted by Crippen LogP contribution is 2.26. The van der Waals surface area contributed by atoms with Gasteiger partial charge in [-0.25, -0.2) is 0 Å². The van der Waals surface area contributed by atoms with Crippen LogP contribution in [0.25, 0.3) is 0 Å². The van der Waals surface area contributed by atoms with Gasteiger partial charge in [0.2, 0.25) is 0 Å². The Morgan fingerprint density at radius 3 is 2.89 bits per heavy atom. The lowest BCUT2D eigenvalue weighted by Crippen LogP contribution is -2.23. The van der Waals surface area contributed by atoms with E-state index in [9.17, 15) is 0 Å². The summed E-state index contributed by atoms with van der Waals surface area (Å²) in [5.41, 5.74) is 1.36. The Hall–Kier alpha value is -0.570. The molecule has 3 heteroatoms. The van der Waals surface area contributed by atoms with Crippen LogP contribution in [0.3, 0.4) is 0 Å². The molecule has 1 fully saturated rings. The third kappa shape index (κ3) is 5.52. The molecule has 2 rings (SSSR count). The zero-order valence-corrected chi connectivity index (χ0v) is 12.5. The summed E-state index contributed by atoms with van der Waals surface area (Å²) in [5, 5.41) is 4.48. The number of hydrogen-bond donors (Lipinski definition) is 1. The number of ether oxygens (including phenoxy) is 1. The Kier molecular flexibility index (Phi) is 6.15. The average Bonchev–Trinajstić information content (AvgIpc) is 3.22. The first-order valence-electron chi connectivity index (χ1n) is 7.27. The predicted octanol–water partition coefficient (Wildman–Crippen LogP) is 3.99. The van der Waals surface area contributed by atoms with Gasteiger partial charge in [-0.05, 0) is 49.3 Å². The molecular weight excluding hydrogens is 258 g/mol. The number of unbranched alkanes of at least 4 members (excludes halogenated alkanes) is 1. The Morgan fingerprint density at radius 1 is 1.37 bits per heavy atom. The molecular formula is C16H24ClNO. The Labute approximate surface area is 121 Å². The molecule has 1 atom stereocenters. The Balaban J connectivity index is 1.87. The van der Waals surface area contributed by atoms with E-state index >= 15 is 0 Å². The van der Waals surface area contributed by atoms with Crippen molar-refractivity contribution in [3.05, 3.63) is 34.9 Å². The minimum atomic E-state index is 0.566. The number of halogens is 1. The van der Waals surface area contributed by atoms with Crippen LogP contribution in [-0.4, -0.2) is 26.3 Å². The van der Waals surface area contributed by atoms with Crippen molar-refractivity contribution in [2.45, 2.75) is 44.1 Å². The molecule has 1 aliphatic carbocycles. The fourth-order valence-electron chi connectivity index (χ4n) is 2.38. The SMILES string of the molecule is COCCCCC(CNC1CC1)c1cccc(Cl)c1. The number of benzene rings is 1. The van der Waals surface area contributed by atoms with Crippen molar-refractivity contribution in [3.8, 4) is 0 Å². The number of methoxy groups -OCH3 is 1. The molecule has 0 heterocycles. The maximum Gasteiger partial charge on any atom is 0.0462 e. The van der Waals surface area contributed by atoms with Crippen molar-refractivity contribution >= 4 is 11.6 Å². The van der Waals surface area contributed by atoms with Crippen molar-refractivity contribution in [1.82, 2.24) is 5.32 Å². The van der Waals surface area contributed by atoms with Crippen LogP contribution in [0.5, 0.6) is 0 Å². The topological polar surface area (TPSA) is 21.3 Å². The largest absolute Gasteiger partial charge is 0.385 e. The molecule has 1 aliphatic rings. The summed E-state index contributed by atoms with van der Waals surface area (Å²) in [7, 11) is 1.77. The summed E-state index contributed by atoms with van der Waals surface area (Å²) in [5.74, 6) is 0.566. The van der Waals surface area contributed by atoms with E-state index in [2.05, 4.69) is 23.5 Å². The quantitative estimate of drug-likeness (QED) is 0.691. The summed E-state index contributed by atoms with van der Waals surface area (Å²) in [6.45, 7) is 1.93. The maximum absolute atomic E-state index is 6.11. The van der Waals surface area contributed by atoms with Crippen LogP contribution in [0.4, 0.5) is 0 Å². The molecule has 0 aliphatic heterocycles. The molecule has 1 N–H and O–H groups in total. The fraction of sp³-hybridized carbons (Fsp3) is 0.625. The van der Waals surface area contributed by atoms with Crippen molar-refractivity contribution in [2.75, 3.05) is 20.3 Å². The minimum Gasteiger partial charge on any atom is -0.385 e. The molecule has 1 aromatic carbocycles. The Morgan fingerprint density at radius 2 is 2.21 bits per heavy atom. The number of nitrogens with one attached hydrogen (secondary N) is 1. The van der Waals surface area contributed by atoms with Gasteiger partial charge < -0.3 is 10.1 Å². The van der Waals surface area contributed by atoms with Gasteiger partial charge in [-0.3, -0.25) is 0 Å². The third-order valence-corrected chi connectivity index (χ3v) is 3.94. The average molecular weight is 282 g/mol. The van der Waals surface area contributed by atoms with Crippen molar-refractivity contribution < 1.29 is 4.74 Å². The summed E-state index contributed by atoms with van der Waals surface area (Å²) < 4.78 is 5.12. The van der Waals surface area contributed by atoms with E-state index in [4.69, 9.17) is 16.3 Å². The second-order valence-corrected chi connectivity index (χ2v) is 5.86. The molecule has 1 unspecified atom stereocenters. The molecule has 19 heavy (non-hydrogen) atoms. The molecule has 0 saturated heterocycles. The second kappa shape index (κ2) is 7.88. The lowest BCUT2D eigenvalue weighted by molar-refractivity contribution is 0.191. The van der Waals surface area contributed by atoms with Gasteiger partial charge in [0.25, 0.3) is 0 Å². The molecule has 0 aromatic heterocycles. The summed E-state index contributed by atoms with van der Waals surface area (Å²) in [4.78, 5) is 0. The molecule has 1 saturated carbocycles. The van der Waals surface area contributed by atoms with E-state index < -0.39 is 0 Å². The molecule has 0 radical (unpaired) electrons. The van der Waals surface area contributed by atoms with E-state index in [-0.39, 0.29) is 0 Å². The van der Waals surface area contributed by atoms with E-state index in [0.717, 1.165) is 30.6 Å². The van der Waals surface area contributed by atoms with Crippen LogP contribution >= 0.6 is 11.6 Å². The summed E-state index contributed by atoms with van der Waals surface area (Å²) >= 11 is 6.11. The zero-order valence-electron chi connectivity index (χ0n) is 11.7. The monoisotopic (exact) mass is 281 g/mol. The van der Waals surface area contributed by atoms with Gasteiger partial charge in [0.05, 0.1) is 0 Å². The predicted molar refractivity (Wildman–Crippen MR) is 80.9 cm³/mol. The highest BCUT2D eigenvalue weighted by Gasteiger charge is 2.22. The number of rotatable bonds is 9. The molecule has 1 aromatic rings. The maximum atomic E-state index is 6.11. The van der Waals surface area contributed by atoms with Crippen LogP contribution in [0, 0.1) is 0 Å². The van der Waals surface area contributed by atoms with Gasteiger partial charge in [-0.1, -0.05) is 30.2 Å². The van der Waals surface area contributed by atoms with Gasteiger partial charge in [-0.2, -0.15) is 0 Å². The van der Waals surface area contributed by atoms with Crippen molar-refractivity contribution in [1.29, 1.82) is 0 Å². The van der Waals surface area contributed by atoms with Gasteiger partial charge in [0.15, 0.2) is 0 Å². The van der Waals surface area contributed by atoms with Crippen LogP contribution in [-0.2, 0) is 4.74 Å². The van der Waals surface area contributed by atoms with Gasteiger partial charge >= 0.3 is 0 Å². The zero-order chi connectivity index (χ0) is 13.5. The fourth-order valence-corrected chi connectivity index (χ4v) is 2.58. The van der Waals surface area contributed by atoms with Gasteiger partial charge in [0.1, 0.15) is 0 Å². The molecule has 106 valence electrons. The summed E-state index contributed by atoms with van der Waals surface area (Å²) in [6, 6.07) is 9.07. The lowest BCUT2D eigenvalue weighted by atomic mass is 9.93. The first-order valence-corrected chi connectivity index (χ1v) is 7.65. The lowest BCUT2D eigenvalue weighted by Gasteiger charge is -2.18. The van der Waals surface area contributed by atoms with E-state index in [1.807, 2.05) is 6.07 Å². The van der Waals surface area contributed by atoms with Crippen LogP contribution in [0.15, 0.2) is 24.3 Å². The van der Waals surface area contributed by atoms with E-state index in [1.54, 1.807) is 7.11 Å². The van der Waals surface area contributed by atoms with Crippen LogP contribution in [0.2, 0.25) is 5.02 Å². The summed E-state index contributed by atoms with van der Waals surface area (Å²) in [6.07, 6.45) is 6.22. The van der Waals surface area contributed by atoms with Gasteiger partial charge in [-0.15, -0.1) is 0 Å². The standard InChI is InChI=1S/C16H24ClNO/c1-19-10-3-2-5-14(12-18-16-8-9-16)13-6-4-7-15(17)11-13/h4,6-7,11,14,16,18H,2-3,5,8-10,12H2,1H3. The van der Waals surface area contributed by atoms with Crippen molar-refractivity contribution in [3.63, 3.8) is 0 Å².